The average Bonchev–Trinajstić information content (AvgIpc) is 3.26. The number of amides is 2. The lowest BCUT2D eigenvalue weighted by Crippen LogP contribution is -2.14. The van der Waals surface area contributed by atoms with Gasteiger partial charge >= 0.3 is 0 Å². The molecule has 184 valence electrons. The van der Waals surface area contributed by atoms with Gasteiger partial charge in [-0.1, -0.05) is 35.9 Å². The van der Waals surface area contributed by atoms with Crippen LogP contribution >= 0.6 is 11.6 Å². The highest BCUT2D eigenvalue weighted by Gasteiger charge is 2.12. The van der Waals surface area contributed by atoms with Gasteiger partial charge in [0.05, 0.1) is 27.4 Å². The molecule has 2 heterocycles. The number of carbonyl (C=O) groups is 2. The first-order valence-corrected chi connectivity index (χ1v) is 11.5. The van der Waals surface area contributed by atoms with Crippen LogP contribution < -0.4 is 21.5 Å². The second-order valence-corrected chi connectivity index (χ2v) is 8.52. The normalized spacial score (nSPS) is 10.8. The Balaban J connectivity index is 1.38. The van der Waals surface area contributed by atoms with Crippen LogP contribution in [0.15, 0.2) is 77.6 Å². The Kier molecular flexibility index (Phi) is 6.40. The van der Waals surface area contributed by atoms with E-state index in [0.29, 0.717) is 44.3 Å². The zero-order valence-corrected chi connectivity index (χ0v) is 20.2. The maximum Gasteiger partial charge on any atom is 0.258 e. The maximum atomic E-state index is 12.7. The molecule has 10 nitrogen and oxygen atoms in total. The van der Waals surface area contributed by atoms with Gasteiger partial charge in [-0.2, -0.15) is 0 Å². The van der Waals surface area contributed by atoms with Gasteiger partial charge in [0.25, 0.3) is 11.5 Å². The molecule has 5 N–H and O–H groups in total. The van der Waals surface area contributed by atoms with E-state index in [2.05, 4.69) is 35.9 Å². The van der Waals surface area contributed by atoms with E-state index in [0.717, 1.165) is 0 Å². The molecule has 2 amide bonds. The van der Waals surface area contributed by atoms with Crippen LogP contribution in [0.1, 0.15) is 17.3 Å². The molecular formula is C26H20ClN7O3. The van der Waals surface area contributed by atoms with Crippen molar-refractivity contribution in [2.45, 2.75) is 6.92 Å². The number of nitrogens with one attached hydrogen (secondary N) is 5. The van der Waals surface area contributed by atoms with Crippen molar-refractivity contribution in [3.63, 3.8) is 0 Å². The number of imidazole rings is 1. The minimum atomic E-state index is -0.391. The van der Waals surface area contributed by atoms with Crippen molar-refractivity contribution >= 4 is 57.7 Å². The average molecular weight is 514 g/mol. The van der Waals surface area contributed by atoms with Crippen molar-refractivity contribution in [1.82, 2.24) is 19.9 Å². The number of benzene rings is 3. The third-order valence-electron chi connectivity index (χ3n) is 5.32. The second-order valence-electron chi connectivity index (χ2n) is 8.12. The topological polar surface area (TPSA) is 145 Å². The summed E-state index contributed by atoms with van der Waals surface area (Å²) in [6, 6.07) is 20.4. The summed E-state index contributed by atoms with van der Waals surface area (Å²) in [5.41, 5.74) is 3.52. The molecule has 0 fully saturated rings. The molecule has 0 spiro atoms. The number of nitrogens with zero attached hydrogens (tertiary/aromatic N) is 2. The standard InChI is InChI=1S/C26H20ClN7O3/c1-14(35)28-17-6-4-5-16(11-17)24(37)34-26-30-20-10-9-15(12-22(20)32-26)21-13-23(36)33-25(31-21)29-19-8-3-2-7-18(19)27/h2-13H,1H3,(H,28,35)(H2,29,31,33,36)(H2,30,32,34,37). The number of hydrogen-bond donors (Lipinski definition) is 5. The van der Waals surface area contributed by atoms with Gasteiger partial charge in [0, 0.05) is 29.8 Å². The number of para-hydroxylation sites is 1. The molecule has 5 aromatic rings. The minimum absolute atomic E-state index is 0.229. The van der Waals surface area contributed by atoms with Crippen LogP contribution in [0.4, 0.5) is 23.3 Å². The van der Waals surface area contributed by atoms with E-state index in [-0.39, 0.29) is 23.4 Å². The minimum Gasteiger partial charge on any atom is -0.326 e. The largest absolute Gasteiger partial charge is 0.326 e. The molecule has 0 atom stereocenters. The molecule has 0 aliphatic heterocycles. The fourth-order valence-electron chi connectivity index (χ4n) is 3.70. The van der Waals surface area contributed by atoms with Gasteiger partial charge in [0.1, 0.15) is 0 Å². The summed E-state index contributed by atoms with van der Waals surface area (Å²) in [5, 5.41) is 8.89. The third-order valence-corrected chi connectivity index (χ3v) is 5.65. The molecule has 37 heavy (non-hydrogen) atoms. The van der Waals surface area contributed by atoms with Crippen LogP contribution in [0.5, 0.6) is 0 Å². The number of fused-ring (bicyclic) bond motifs is 1. The van der Waals surface area contributed by atoms with E-state index in [4.69, 9.17) is 11.6 Å². The SMILES string of the molecule is CC(=O)Nc1cccc(C(=O)Nc2nc3ccc(-c4cc(=O)[nH]c(Nc5ccccc5Cl)n4)cc3[nH]2)c1. The van der Waals surface area contributed by atoms with E-state index in [1.54, 1.807) is 60.7 Å². The first-order valence-electron chi connectivity index (χ1n) is 11.2. The van der Waals surface area contributed by atoms with E-state index >= 15 is 0 Å². The number of anilines is 4. The number of aromatic amines is 2. The first kappa shape index (κ1) is 23.8. The second kappa shape index (κ2) is 9.96. The van der Waals surface area contributed by atoms with E-state index in [1.165, 1.54) is 13.0 Å². The zero-order chi connectivity index (χ0) is 25.9. The Labute approximate surface area is 215 Å². The molecule has 0 aliphatic carbocycles. The summed E-state index contributed by atoms with van der Waals surface area (Å²) in [6.45, 7) is 1.40. The van der Waals surface area contributed by atoms with Crippen LogP contribution in [0.3, 0.4) is 0 Å². The van der Waals surface area contributed by atoms with Gasteiger partial charge in [-0.25, -0.2) is 9.97 Å². The van der Waals surface area contributed by atoms with Gasteiger partial charge in [-0.05, 0) is 42.5 Å². The molecular weight excluding hydrogens is 494 g/mol. The summed E-state index contributed by atoms with van der Waals surface area (Å²) < 4.78 is 0. The summed E-state index contributed by atoms with van der Waals surface area (Å²) >= 11 is 6.20. The van der Waals surface area contributed by atoms with E-state index < -0.39 is 5.91 Å². The lowest BCUT2D eigenvalue weighted by atomic mass is 10.1. The van der Waals surface area contributed by atoms with Gasteiger partial charge in [-0.3, -0.25) is 24.7 Å². The van der Waals surface area contributed by atoms with Crippen molar-refractivity contribution in [1.29, 1.82) is 0 Å². The number of aromatic nitrogens is 4. The lowest BCUT2D eigenvalue weighted by molar-refractivity contribution is -0.114. The fourth-order valence-corrected chi connectivity index (χ4v) is 3.89. The summed E-state index contributed by atoms with van der Waals surface area (Å²) in [7, 11) is 0. The summed E-state index contributed by atoms with van der Waals surface area (Å²) in [6.07, 6.45) is 0. The number of H-pyrrole nitrogens is 2. The molecule has 5 rings (SSSR count). The molecule has 0 unspecified atom stereocenters. The van der Waals surface area contributed by atoms with Gasteiger partial charge in [0.15, 0.2) is 0 Å². The van der Waals surface area contributed by atoms with Gasteiger partial charge in [0.2, 0.25) is 17.8 Å². The Bertz CT molecular complexity index is 1710. The van der Waals surface area contributed by atoms with E-state index in [9.17, 15) is 14.4 Å². The molecule has 0 radical (unpaired) electrons. The highest BCUT2D eigenvalue weighted by atomic mass is 35.5. The predicted octanol–water partition coefficient (Wildman–Crippen LogP) is 4.92. The highest BCUT2D eigenvalue weighted by molar-refractivity contribution is 6.33. The zero-order valence-electron chi connectivity index (χ0n) is 19.4. The number of rotatable bonds is 6. The van der Waals surface area contributed by atoms with E-state index in [1.807, 2.05) is 6.07 Å². The van der Waals surface area contributed by atoms with Crippen LogP contribution in [0, 0.1) is 0 Å². The van der Waals surface area contributed by atoms with Crippen LogP contribution in [0.2, 0.25) is 5.02 Å². The Morgan fingerprint density at radius 2 is 1.70 bits per heavy atom. The molecule has 2 aromatic heterocycles. The smallest absolute Gasteiger partial charge is 0.258 e. The quantitative estimate of drug-likeness (QED) is 0.218. The number of hydrogen-bond acceptors (Lipinski definition) is 6. The highest BCUT2D eigenvalue weighted by Crippen LogP contribution is 2.26. The molecule has 0 aliphatic rings. The Morgan fingerprint density at radius 1 is 0.865 bits per heavy atom. The first-order chi connectivity index (χ1) is 17.8. The summed E-state index contributed by atoms with van der Waals surface area (Å²) in [4.78, 5) is 51.0. The maximum absolute atomic E-state index is 12.7. The van der Waals surface area contributed by atoms with Crippen molar-refractivity contribution in [2.24, 2.45) is 0 Å². The van der Waals surface area contributed by atoms with Crippen molar-refractivity contribution in [2.75, 3.05) is 16.0 Å². The van der Waals surface area contributed by atoms with Gasteiger partial charge in [-0.15, -0.1) is 0 Å². The molecule has 0 saturated heterocycles. The summed E-state index contributed by atoms with van der Waals surface area (Å²) in [5.74, 6) is -0.123. The van der Waals surface area contributed by atoms with Crippen LogP contribution in [-0.2, 0) is 4.79 Å². The van der Waals surface area contributed by atoms with Crippen molar-refractivity contribution < 1.29 is 9.59 Å². The molecule has 0 saturated carbocycles. The number of halogens is 1. The van der Waals surface area contributed by atoms with Gasteiger partial charge < -0.3 is 15.6 Å². The van der Waals surface area contributed by atoms with Crippen molar-refractivity contribution in [3.05, 3.63) is 93.7 Å². The third kappa shape index (κ3) is 5.49. The lowest BCUT2D eigenvalue weighted by Gasteiger charge is -2.08. The Hall–Kier alpha value is -4.96. The van der Waals surface area contributed by atoms with Crippen LogP contribution in [0.25, 0.3) is 22.3 Å². The fraction of sp³-hybridized carbons (Fsp3) is 0.0385. The molecule has 0 bridgehead atoms. The Morgan fingerprint density at radius 3 is 2.51 bits per heavy atom. The monoisotopic (exact) mass is 513 g/mol. The van der Waals surface area contributed by atoms with Crippen LogP contribution in [-0.4, -0.2) is 31.8 Å². The van der Waals surface area contributed by atoms with Crippen molar-refractivity contribution in [3.8, 4) is 11.3 Å². The molecule has 11 heteroatoms. The predicted molar refractivity (Wildman–Crippen MR) is 143 cm³/mol. The number of carbonyl (C=O) groups excluding carboxylic acids is 2. The molecule has 3 aromatic carbocycles.